The molecule has 2 aliphatic rings. The standard InChI is InChI=1S/C22H29N/c1-13(2)23-20-9-7-8-19-16(5)21(17(6)22(19)20)18-11-10-14(3)12-15(18)4/h7-9,13,17-18,21,23H,3-5,10-12H2,1-2,6H3. The second-order valence-corrected chi connectivity index (χ2v) is 7.64. The number of benzene rings is 1. The van der Waals surface area contributed by atoms with E-state index in [0.29, 0.717) is 23.8 Å². The van der Waals surface area contributed by atoms with Crippen LogP contribution in [-0.4, -0.2) is 6.04 Å². The van der Waals surface area contributed by atoms with E-state index in [1.807, 2.05) is 0 Å². The molecular formula is C22H29N. The minimum Gasteiger partial charge on any atom is -0.383 e. The second-order valence-electron chi connectivity index (χ2n) is 7.64. The summed E-state index contributed by atoms with van der Waals surface area (Å²) in [6, 6.07) is 7.04. The van der Waals surface area contributed by atoms with E-state index in [4.69, 9.17) is 0 Å². The minimum atomic E-state index is 0.439. The largest absolute Gasteiger partial charge is 0.383 e. The van der Waals surface area contributed by atoms with Crippen LogP contribution in [0.5, 0.6) is 0 Å². The van der Waals surface area contributed by atoms with Crippen LogP contribution in [0.4, 0.5) is 5.69 Å². The van der Waals surface area contributed by atoms with Crippen LogP contribution >= 0.6 is 0 Å². The first-order valence-electron chi connectivity index (χ1n) is 8.83. The lowest BCUT2D eigenvalue weighted by Gasteiger charge is -2.34. The Kier molecular flexibility index (Phi) is 4.23. The van der Waals surface area contributed by atoms with Crippen LogP contribution in [0.15, 0.2) is 49.1 Å². The van der Waals surface area contributed by atoms with Gasteiger partial charge in [-0.2, -0.15) is 0 Å². The molecule has 0 radical (unpaired) electrons. The van der Waals surface area contributed by atoms with Crippen LogP contribution in [0.25, 0.3) is 5.57 Å². The van der Waals surface area contributed by atoms with Crippen molar-refractivity contribution in [3.05, 3.63) is 60.2 Å². The lowest BCUT2D eigenvalue weighted by Crippen LogP contribution is -2.22. The van der Waals surface area contributed by atoms with Crippen molar-refractivity contribution in [2.45, 2.75) is 52.0 Å². The SMILES string of the molecule is C=C1CCC(C2C(=C)c3cccc(NC(C)C)c3C2C)C(=C)C1. The van der Waals surface area contributed by atoms with Gasteiger partial charge in [0.2, 0.25) is 0 Å². The molecule has 1 fully saturated rings. The molecule has 1 saturated carbocycles. The number of allylic oxidation sites excluding steroid dienone is 3. The quantitative estimate of drug-likeness (QED) is 0.659. The van der Waals surface area contributed by atoms with Crippen molar-refractivity contribution < 1.29 is 0 Å². The van der Waals surface area contributed by atoms with Crippen LogP contribution in [0, 0.1) is 11.8 Å². The van der Waals surface area contributed by atoms with Crippen molar-refractivity contribution in [1.82, 2.24) is 0 Å². The summed E-state index contributed by atoms with van der Waals surface area (Å²) in [6.07, 6.45) is 3.30. The van der Waals surface area contributed by atoms with E-state index in [1.54, 1.807) is 0 Å². The van der Waals surface area contributed by atoms with Gasteiger partial charge in [-0.3, -0.25) is 0 Å². The lowest BCUT2D eigenvalue weighted by atomic mass is 9.70. The van der Waals surface area contributed by atoms with Gasteiger partial charge in [0, 0.05) is 11.7 Å². The van der Waals surface area contributed by atoms with Gasteiger partial charge in [0.15, 0.2) is 0 Å². The molecule has 1 heteroatoms. The van der Waals surface area contributed by atoms with E-state index in [9.17, 15) is 0 Å². The van der Waals surface area contributed by atoms with E-state index in [1.165, 1.54) is 40.0 Å². The number of hydrogen-bond acceptors (Lipinski definition) is 1. The molecule has 122 valence electrons. The maximum absolute atomic E-state index is 4.48. The molecule has 0 bridgehead atoms. The number of nitrogens with one attached hydrogen (secondary N) is 1. The van der Waals surface area contributed by atoms with Crippen LogP contribution in [0.2, 0.25) is 0 Å². The van der Waals surface area contributed by atoms with Crippen molar-refractivity contribution in [1.29, 1.82) is 0 Å². The predicted molar refractivity (Wildman–Crippen MR) is 102 cm³/mol. The molecule has 3 atom stereocenters. The summed E-state index contributed by atoms with van der Waals surface area (Å²) in [5, 5.41) is 3.62. The number of hydrogen-bond donors (Lipinski definition) is 1. The van der Waals surface area contributed by atoms with Gasteiger partial charge in [0.25, 0.3) is 0 Å². The van der Waals surface area contributed by atoms with Gasteiger partial charge in [-0.1, -0.05) is 49.9 Å². The Morgan fingerprint density at radius 1 is 1.17 bits per heavy atom. The Morgan fingerprint density at radius 3 is 2.57 bits per heavy atom. The summed E-state index contributed by atoms with van der Waals surface area (Å²) in [6.45, 7) is 19.8. The van der Waals surface area contributed by atoms with Gasteiger partial charge in [0.1, 0.15) is 0 Å². The zero-order valence-electron chi connectivity index (χ0n) is 14.8. The monoisotopic (exact) mass is 307 g/mol. The third-order valence-electron chi connectivity index (χ3n) is 5.54. The Labute approximate surface area is 141 Å². The maximum Gasteiger partial charge on any atom is 0.0383 e. The van der Waals surface area contributed by atoms with Gasteiger partial charge in [0.05, 0.1) is 0 Å². The molecular weight excluding hydrogens is 278 g/mol. The summed E-state index contributed by atoms with van der Waals surface area (Å²) >= 11 is 0. The van der Waals surface area contributed by atoms with Gasteiger partial charge >= 0.3 is 0 Å². The smallest absolute Gasteiger partial charge is 0.0383 e. The third-order valence-corrected chi connectivity index (χ3v) is 5.54. The molecule has 1 nitrogen and oxygen atoms in total. The fourth-order valence-corrected chi connectivity index (χ4v) is 4.56. The van der Waals surface area contributed by atoms with Crippen LogP contribution in [0.1, 0.15) is 57.1 Å². The van der Waals surface area contributed by atoms with E-state index in [-0.39, 0.29) is 0 Å². The average Bonchev–Trinajstić information content (AvgIpc) is 2.72. The highest BCUT2D eigenvalue weighted by Gasteiger charge is 2.40. The topological polar surface area (TPSA) is 12.0 Å². The first-order chi connectivity index (χ1) is 10.9. The molecule has 0 aromatic heterocycles. The van der Waals surface area contributed by atoms with Crippen molar-refractivity contribution in [3.8, 4) is 0 Å². The first-order valence-corrected chi connectivity index (χ1v) is 8.83. The van der Waals surface area contributed by atoms with Gasteiger partial charge in [-0.05, 0) is 73.6 Å². The van der Waals surface area contributed by atoms with Crippen LogP contribution < -0.4 is 5.32 Å². The molecule has 0 saturated heterocycles. The van der Waals surface area contributed by atoms with Crippen molar-refractivity contribution in [3.63, 3.8) is 0 Å². The van der Waals surface area contributed by atoms with Gasteiger partial charge in [-0.15, -0.1) is 0 Å². The fraction of sp³-hybridized carbons (Fsp3) is 0.455. The highest BCUT2D eigenvalue weighted by atomic mass is 14.9. The van der Waals surface area contributed by atoms with Crippen molar-refractivity contribution in [2.75, 3.05) is 5.32 Å². The van der Waals surface area contributed by atoms with E-state index in [2.05, 4.69) is 64.0 Å². The average molecular weight is 307 g/mol. The highest BCUT2D eigenvalue weighted by Crippen LogP contribution is 2.54. The molecule has 0 amide bonds. The molecule has 1 aromatic rings. The summed E-state index contributed by atoms with van der Waals surface area (Å²) in [4.78, 5) is 0. The molecule has 0 spiro atoms. The maximum atomic E-state index is 4.48. The third kappa shape index (κ3) is 2.78. The Bertz CT molecular complexity index is 665. The molecule has 3 unspecified atom stereocenters. The second kappa shape index (κ2) is 6.03. The van der Waals surface area contributed by atoms with E-state index >= 15 is 0 Å². The molecule has 0 heterocycles. The van der Waals surface area contributed by atoms with Gasteiger partial charge < -0.3 is 5.32 Å². The Morgan fingerprint density at radius 2 is 1.91 bits per heavy atom. The van der Waals surface area contributed by atoms with Crippen LogP contribution in [0.3, 0.4) is 0 Å². The summed E-state index contributed by atoms with van der Waals surface area (Å²) in [5.74, 6) is 1.52. The Hall–Kier alpha value is -1.76. The fourth-order valence-electron chi connectivity index (χ4n) is 4.56. The molecule has 1 aromatic carbocycles. The van der Waals surface area contributed by atoms with E-state index in [0.717, 1.165) is 12.8 Å². The normalized spacial score (nSPS) is 27.5. The lowest BCUT2D eigenvalue weighted by molar-refractivity contribution is 0.377. The number of rotatable bonds is 3. The Balaban J connectivity index is 1.96. The molecule has 23 heavy (non-hydrogen) atoms. The first kappa shape index (κ1) is 16.1. The van der Waals surface area contributed by atoms with Gasteiger partial charge in [-0.25, -0.2) is 0 Å². The van der Waals surface area contributed by atoms with Crippen LogP contribution in [-0.2, 0) is 0 Å². The van der Waals surface area contributed by atoms with Crippen molar-refractivity contribution >= 4 is 11.3 Å². The van der Waals surface area contributed by atoms with Crippen molar-refractivity contribution in [2.24, 2.45) is 11.8 Å². The number of anilines is 1. The molecule has 1 N–H and O–H groups in total. The van der Waals surface area contributed by atoms with E-state index < -0.39 is 0 Å². The molecule has 0 aliphatic heterocycles. The number of fused-ring (bicyclic) bond motifs is 1. The predicted octanol–water partition coefficient (Wildman–Crippen LogP) is 6.17. The molecule has 3 rings (SSSR count). The molecule has 2 aliphatic carbocycles. The minimum absolute atomic E-state index is 0.439. The summed E-state index contributed by atoms with van der Waals surface area (Å²) < 4.78 is 0. The summed E-state index contributed by atoms with van der Waals surface area (Å²) in [7, 11) is 0. The highest BCUT2D eigenvalue weighted by molar-refractivity contribution is 5.80. The zero-order chi connectivity index (χ0) is 16.7. The zero-order valence-corrected chi connectivity index (χ0v) is 14.8. The summed E-state index contributed by atoms with van der Waals surface area (Å²) in [5.41, 5.74) is 8.07.